The third kappa shape index (κ3) is 3.41. The molecule has 0 unspecified atom stereocenters. The van der Waals surface area contributed by atoms with Crippen molar-refractivity contribution in [1.29, 1.82) is 0 Å². The lowest BCUT2D eigenvalue weighted by Gasteiger charge is -2.08. The Morgan fingerprint density at radius 2 is 1.79 bits per heavy atom. The summed E-state index contributed by atoms with van der Waals surface area (Å²) in [5.74, 6) is 2.03. The van der Waals surface area contributed by atoms with Crippen LogP contribution in [0.25, 0.3) is 0 Å². The van der Waals surface area contributed by atoms with Gasteiger partial charge in [-0.25, -0.2) is 0 Å². The van der Waals surface area contributed by atoms with E-state index in [2.05, 4.69) is 5.32 Å². The minimum Gasteiger partial charge on any atom is -0.310 e. The molecule has 0 aliphatic heterocycles. The maximum absolute atomic E-state index is 11.5. The van der Waals surface area contributed by atoms with E-state index >= 15 is 0 Å². The molecule has 2 saturated carbocycles. The van der Waals surface area contributed by atoms with E-state index in [1.807, 2.05) is 0 Å². The van der Waals surface area contributed by atoms with Gasteiger partial charge in [0.2, 0.25) is 0 Å². The molecule has 0 bridgehead atoms. The summed E-state index contributed by atoms with van der Waals surface area (Å²) >= 11 is 0. The van der Waals surface area contributed by atoms with Crippen LogP contribution in [0.15, 0.2) is 0 Å². The summed E-state index contributed by atoms with van der Waals surface area (Å²) in [7, 11) is 0. The second-order valence-electron chi connectivity index (χ2n) is 4.97. The van der Waals surface area contributed by atoms with Crippen LogP contribution in [0, 0.1) is 11.8 Å². The number of hydrogen-bond donors (Lipinski definition) is 1. The molecule has 1 N–H and O–H groups in total. The molecule has 0 atom stereocenters. The van der Waals surface area contributed by atoms with Crippen molar-refractivity contribution < 1.29 is 4.79 Å². The van der Waals surface area contributed by atoms with Gasteiger partial charge in [0.1, 0.15) is 5.78 Å². The number of Topliss-reactive ketones (excluding diaryl/α,β-unsaturated/α-hetero) is 1. The molecule has 0 saturated heterocycles. The van der Waals surface area contributed by atoms with E-state index in [1.165, 1.54) is 38.5 Å². The topological polar surface area (TPSA) is 29.1 Å². The highest BCUT2D eigenvalue weighted by atomic mass is 16.1. The zero-order valence-electron chi connectivity index (χ0n) is 8.93. The molecule has 0 aromatic rings. The van der Waals surface area contributed by atoms with Crippen molar-refractivity contribution >= 4 is 5.78 Å². The average molecular weight is 195 g/mol. The minimum absolute atomic E-state index is 0.428. The molecular formula is C12H21NO. The molecule has 2 aliphatic rings. The Labute approximate surface area is 86.5 Å². The lowest BCUT2D eigenvalue weighted by atomic mass is 10.0. The Bertz CT molecular complexity index is 192. The Hall–Kier alpha value is -0.370. The molecule has 0 spiro atoms. The van der Waals surface area contributed by atoms with Crippen molar-refractivity contribution in [2.75, 3.05) is 13.1 Å². The summed E-state index contributed by atoms with van der Waals surface area (Å²) in [5.41, 5.74) is 0. The maximum Gasteiger partial charge on any atom is 0.146 e. The van der Waals surface area contributed by atoms with Gasteiger partial charge in [-0.3, -0.25) is 4.79 Å². The molecule has 0 heterocycles. The van der Waals surface area contributed by atoms with Gasteiger partial charge in [0, 0.05) is 6.42 Å². The molecular weight excluding hydrogens is 174 g/mol. The highest BCUT2D eigenvalue weighted by Crippen LogP contribution is 2.28. The number of nitrogens with one attached hydrogen (secondary N) is 1. The monoisotopic (exact) mass is 195 g/mol. The lowest BCUT2D eigenvalue weighted by molar-refractivity contribution is -0.119. The molecule has 0 amide bonds. The largest absolute Gasteiger partial charge is 0.310 e. The van der Waals surface area contributed by atoms with Crippen LogP contribution in [-0.4, -0.2) is 18.9 Å². The maximum atomic E-state index is 11.5. The van der Waals surface area contributed by atoms with E-state index in [4.69, 9.17) is 0 Å². The quantitative estimate of drug-likeness (QED) is 0.703. The second kappa shape index (κ2) is 4.92. The van der Waals surface area contributed by atoms with Crippen LogP contribution in [0.4, 0.5) is 0 Å². The molecule has 0 aromatic carbocycles. The van der Waals surface area contributed by atoms with Crippen LogP contribution in [0.2, 0.25) is 0 Å². The second-order valence-corrected chi connectivity index (χ2v) is 4.97. The molecule has 0 radical (unpaired) electrons. The fourth-order valence-electron chi connectivity index (χ4n) is 2.35. The number of ketones is 1. The summed E-state index contributed by atoms with van der Waals surface area (Å²) in [5, 5.41) is 3.27. The first-order chi connectivity index (χ1) is 6.84. The van der Waals surface area contributed by atoms with E-state index in [9.17, 15) is 4.79 Å². The molecule has 80 valence electrons. The van der Waals surface area contributed by atoms with Gasteiger partial charge in [0.15, 0.2) is 0 Å². The van der Waals surface area contributed by atoms with E-state index in [1.54, 1.807) is 0 Å². The molecule has 0 aromatic heterocycles. The van der Waals surface area contributed by atoms with Crippen molar-refractivity contribution in [2.24, 2.45) is 11.8 Å². The minimum atomic E-state index is 0.428. The predicted octanol–water partition coefficient (Wildman–Crippen LogP) is 2.14. The SMILES string of the molecule is O=C(CNCC1CC1)CC1CCCC1. The van der Waals surface area contributed by atoms with E-state index in [0.29, 0.717) is 18.2 Å². The zero-order valence-corrected chi connectivity index (χ0v) is 8.93. The first kappa shape index (κ1) is 10.2. The number of hydrogen-bond acceptors (Lipinski definition) is 2. The van der Waals surface area contributed by atoms with Crippen LogP contribution in [0.3, 0.4) is 0 Å². The van der Waals surface area contributed by atoms with Gasteiger partial charge >= 0.3 is 0 Å². The van der Waals surface area contributed by atoms with Gasteiger partial charge in [-0.15, -0.1) is 0 Å². The van der Waals surface area contributed by atoms with Crippen molar-refractivity contribution in [1.82, 2.24) is 5.32 Å². The van der Waals surface area contributed by atoms with Crippen LogP contribution in [0.1, 0.15) is 44.9 Å². The lowest BCUT2D eigenvalue weighted by Crippen LogP contribution is -2.25. The van der Waals surface area contributed by atoms with E-state index in [0.717, 1.165) is 18.9 Å². The molecule has 2 fully saturated rings. The number of carbonyl (C=O) groups is 1. The molecule has 2 heteroatoms. The fourth-order valence-corrected chi connectivity index (χ4v) is 2.35. The smallest absolute Gasteiger partial charge is 0.146 e. The standard InChI is InChI=1S/C12H21NO/c14-12(7-10-3-1-2-4-10)9-13-8-11-5-6-11/h10-11,13H,1-9H2. The van der Waals surface area contributed by atoms with Gasteiger partial charge in [0.05, 0.1) is 6.54 Å². The van der Waals surface area contributed by atoms with Crippen molar-refractivity contribution in [3.63, 3.8) is 0 Å². The summed E-state index contributed by atoms with van der Waals surface area (Å²) in [6, 6.07) is 0. The first-order valence-corrected chi connectivity index (χ1v) is 6.07. The Morgan fingerprint density at radius 3 is 2.43 bits per heavy atom. The molecule has 2 nitrogen and oxygen atoms in total. The van der Waals surface area contributed by atoms with E-state index < -0.39 is 0 Å². The van der Waals surface area contributed by atoms with Crippen LogP contribution >= 0.6 is 0 Å². The van der Waals surface area contributed by atoms with Gasteiger partial charge in [-0.2, -0.15) is 0 Å². The van der Waals surface area contributed by atoms with Crippen molar-refractivity contribution in [2.45, 2.75) is 44.9 Å². The van der Waals surface area contributed by atoms with E-state index in [-0.39, 0.29) is 0 Å². The highest BCUT2D eigenvalue weighted by Gasteiger charge is 2.21. The molecule has 2 aliphatic carbocycles. The zero-order chi connectivity index (χ0) is 9.80. The fraction of sp³-hybridized carbons (Fsp3) is 0.917. The molecule has 14 heavy (non-hydrogen) atoms. The predicted molar refractivity (Wildman–Crippen MR) is 57.2 cm³/mol. The number of rotatable bonds is 6. The van der Waals surface area contributed by atoms with Gasteiger partial charge in [-0.05, 0) is 31.2 Å². The Kier molecular flexibility index (Phi) is 3.57. The number of carbonyl (C=O) groups excluding carboxylic acids is 1. The van der Waals surface area contributed by atoms with Crippen molar-refractivity contribution in [3.8, 4) is 0 Å². The summed E-state index contributed by atoms with van der Waals surface area (Å²) in [4.78, 5) is 11.5. The van der Waals surface area contributed by atoms with Crippen LogP contribution < -0.4 is 5.32 Å². The summed E-state index contributed by atoms with van der Waals surface area (Å²) < 4.78 is 0. The highest BCUT2D eigenvalue weighted by molar-refractivity contribution is 5.80. The third-order valence-corrected chi connectivity index (χ3v) is 3.44. The summed E-state index contributed by atoms with van der Waals surface area (Å²) in [6.07, 6.45) is 8.81. The molecule has 2 rings (SSSR count). The normalized spacial score (nSPS) is 22.9. The van der Waals surface area contributed by atoms with Gasteiger partial charge in [-0.1, -0.05) is 25.7 Å². The Morgan fingerprint density at radius 1 is 1.07 bits per heavy atom. The average Bonchev–Trinajstić information content (AvgIpc) is 2.83. The third-order valence-electron chi connectivity index (χ3n) is 3.44. The van der Waals surface area contributed by atoms with Gasteiger partial charge < -0.3 is 5.32 Å². The summed E-state index contributed by atoms with van der Waals surface area (Å²) in [6.45, 7) is 1.68. The Balaban J connectivity index is 1.53. The van der Waals surface area contributed by atoms with Gasteiger partial charge in [0.25, 0.3) is 0 Å². The van der Waals surface area contributed by atoms with Crippen LogP contribution in [-0.2, 0) is 4.79 Å². The van der Waals surface area contributed by atoms with Crippen LogP contribution in [0.5, 0.6) is 0 Å². The first-order valence-electron chi connectivity index (χ1n) is 6.07. The van der Waals surface area contributed by atoms with Crippen molar-refractivity contribution in [3.05, 3.63) is 0 Å².